The summed E-state index contributed by atoms with van der Waals surface area (Å²) in [6.07, 6.45) is 3.59. The van der Waals surface area contributed by atoms with E-state index in [1.807, 2.05) is 13.1 Å². The normalized spacial score (nSPS) is 32.5. The maximum atomic E-state index is 12.4. The van der Waals surface area contributed by atoms with Crippen molar-refractivity contribution in [2.45, 2.75) is 56.7 Å². The second-order valence-corrected chi connectivity index (χ2v) is 7.02. The maximum Gasteiger partial charge on any atom is 0.338 e. The van der Waals surface area contributed by atoms with Crippen LogP contribution in [0.3, 0.4) is 0 Å². The molecule has 5 nitrogen and oxygen atoms in total. The molecule has 2 aliphatic rings. The molecule has 2 bridgehead atoms. The molecular formula is C19H25NO4. The fourth-order valence-corrected chi connectivity index (χ4v) is 4.73. The van der Waals surface area contributed by atoms with E-state index in [2.05, 4.69) is 11.8 Å². The number of benzene rings is 1. The van der Waals surface area contributed by atoms with E-state index in [1.165, 1.54) is 0 Å². The van der Waals surface area contributed by atoms with Crippen molar-refractivity contribution in [1.82, 2.24) is 4.90 Å². The zero-order chi connectivity index (χ0) is 17.3. The van der Waals surface area contributed by atoms with Gasteiger partial charge in [-0.2, -0.15) is 0 Å². The van der Waals surface area contributed by atoms with Crippen LogP contribution in [0.4, 0.5) is 0 Å². The van der Waals surface area contributed by atoms with Gasteiger partial charge >= 0.3 is 11.9 Å². The third-order valence-corrected chi connectivity index (χ3v) is 5.83. The van der Waals surface area contributed by atoms with Crippen LogP contribution in [0.2, 0.25) is 0 Å². The van der Waals surface area contributed by atoms with Crippen molar-refractivity contribution >= 4 is 11.9 Å². The molecule has 0 radical (unpaired) electrons. The van der Waals surface area contributed by atoms with Gasteiger partial charge in [0.25, 0.3) is 0 Å². The van der Waals surface area contributed by atoms with E-state index in [0.29, 0.717) is 18.0 Å². The van der Waals surface area contributed by atoms with Gasteiger partial charge in [-0.25, -0.2) is 4.79 Å². The SMILES string of the molecule is CCC[C@@]12CC[C@@H](C[C@H](OC(=O)c3ccccc3)[C@@H]1C(=O)O)N2C. The van der Waals surface area contributed by atoms with Crippen molar-refractivity contribution < 1.29 is 19.4 Å². The van der Waals surface area contributed by atoms with Gasteiger partial charge in [0.1, 0.15) is 12.0 Å². The molecule has 3 rings (SSSR count). The third-order valence-electron chi connectivity index (χ3n) is 5.83. The number of carbonyl (C=O) groups excluding carboxylic acids is 1. The first-order valence-electron chi connectivity index (χ1n) is 8.71. The summed E-state index contributed by atoms with van der Waals surface area (Å²) in [4.78, 5) is 26.7. The minimum absolute atomic E-state index is 0.292. The summed E-state index contributed by atoms with van der Waals surface area (Å²) in [5, 5.41) is 9.90. The van der Waals surface area contributed by atoms with Gasteiger partial charge in [0, 0.05) is 18.0 Å². The predicted octanol–water partition coefficient (Wildman–Crippen LogP) is 2.95. The zero-order valence-electron chi connectivity index (χ0n) is 14.3. The fourth-order valence-electron chi connectivity index (χ4n) is 4.73. The number of hydrogen-bond acceptors (Lipinski definition) is 4. The van der Waals surface area contributed by atoms with Crippen molar-refractivity contribution in [1.29, 1.82) is 0 Å². The van der Waals surface area contributed by atoms with E-state index >= 15 is 0 Å². The monoisotopic (exact) mass is 331 g/mol. The molecule has 2 saturated heterocycles. The van der Waals surface area contributed by atoms with Crippen LogP contribution in [-0.2, 0) is 9.53 Å². The molecule has 0 saturated carbocycles. The fraction of sp³-hybridized carbons (Fsp3) is 0.579. The van der Waals surface area contributed by atoms with E-state index < -0.39 is 29.5 Å². The summed E-state index contributed by atoms with van der Waals surface area (Å²) in [7, 11) is 2.03. The average Bonchev–Trinajstić information content (AvgIpc) is 2.77. The van der Waals surface area contributed by atoms with Crippen LogP contribution in [0.25, 0.3) is 0 Å². The van der Waals surface area contributed by atoms with Gasteiger partial charge < -0.3 is 9.84 Å². The van der Waals surface area contributed by atoms with E-state index in [4.69, 9.17) is 4.74 Å². The molecule has 24 heavy (non-hydrogen) atoms. The number of aliphatic carboxylic acids is 1. The number of piperidine rings is 1. The standard InChI is InChI=1S/C19H25NO4/c1-3-10-19-11-9-14(20(19)2)12-15(16(19)17(21)22)24-18(23)13-7-5-4-6-8-13/h4-8,14-16H,3,9-12H2,1-2H3,(H,21,22)/t14-,15-,16+,19+/m0/s1. The minimum atomic E-state index is -0.860. The number of fused-ring (bicyclic) bond motifs is 2. The lowest BCUT2D eigenvalue weighted by molar-refractivity contribution is -0.160. The van der Waals surface area contributed by atoms with Gasteiger partial charge in [0.05, 0.1) is 5.56 Å². The van der Waals surface area contributed by atoms with E-state index in [9.17, 15) is 14.7 Å². The van der Waals surface area contributed by atoms with Gasteiger partial charge in [-0.3, -0.25) is 9.69 Å². The average molecular weight is 331 g/mol. The Morgan fingerprint density at radius 3 is 2.67 bits per heavy atom. The van der Waals surface area contributed by atoms with E-state index in [-0.39, 0.29) is 0 Å². The molecule has 0 aliphatic carbocycles. The lowest BCUT2D eigenvalue weighted by atomic mass is 9.73. The third kappa shape index (κ3) is 2.71. The molecule has 4 atom stereocenters. The van der Waals surface area contributed by atoms with Crippen LogP contribution in [0, 0.1) is 5.92 Å². The van der Waals surface area contributed by atoms with Crippen molar-refractivity contribution in [3.63, 3.8) is 0 Å². The van der Waals surface area contributed by atoms with Crippen molar-refractivity contribution in [3.8, 4) is 0 Å². The molecule has 1 N–H and O–H groups in total. The number of ether oxygens (including phenoxy) is 1. The molecule has 5 heteroatoms. The predicted molar refractivity (Wildman–Crippen MR) is 89.8 cm³/mol. The second kappa shape index (κ2) is 6.55. The van der Waals surface area contributed by atoms with Crippen molar-refractivity contribution in [2.24, 2.45) is 5.92 Å². The lowest BCUT2D eigenvalue weighted by Gasteiger charge is -2.49. The molecular weight excluding hydrogens is 306 g/mol. The molecule has 1 aromatic carbocycles. The molecule has 0 unspecified atom stereocenters. The number of carboxylic acid groups (broad SMARTS) is 1. The summed E-state index contributed by atoms with van der Waals surface area (Å²) < 4.78 is 5.71. The van der Waals surface area contributed by atoms with Gasteiger partial charge in [-0.15, -0.1) is 0 Å². The molecule has 1 aromatic rings. The smallest absolute Gasteiger partial charge is 0.338 e. The van der Waals surface area contributed by atoms with Crippen LogP contribution in [-0.4, -0.2) is 46.7 Å². The highest BCUT2D eigenvalue weighted by Gasteiger charge is 2.59. The number of rotatable bonds is 5. The van der Waals surface area contributed by atoms with E-state index in [0.717, 1.165) is 25.7 Å². The Hall–Kier alpha value is -1.88. The van der Waals surface area contributed by atoms with Gasteiger partial charge in [0.2, 0.25) is 0 Å². The Bertz CT molecular complexity index is 613. The van der Waals surface area contributed by atoms with Crippen LogP contribution in [0.5, 0.6) is 0 Å². The van der Waals surface area contributed by atoms with E-state index in [1.54, 1.807) is 24.3 Å². The van der Waals surface area contributed by atoms with Crippen LogP contribution in [0.1, 0.15) is 49.4 Å². The first kappa shape index (κ1) is 17.0. The van der Waals surface area contributed by atoms with Gasteiger partial charge in [-0.05, 0) is 38.4 Å². The Morgan fingerprint density at radius 1 is 1.33 bits per heavy atom. The topological polar surface area (TPSA) is 66.8 Å². The zero-order valence-corrected chi connectivity index (χ0v) is 14.3. The van der Waals surface area contributed by atoms with Crippen LogP contribution >= 0.6 is 0 Å². The largest absolute Gasteiger partial charge is 0.481 e. The number of carbonyl (C=O) groups is 2. The molecule has 0 aromatic heterocycles. The molecule has 0 amide bonds. The highest BCUT2D eigenvalue weighted by molar-refractivity contribution is 5.89. The molecule has 2 heterocycles. The number of carboxylic acids is 1. The quantitative estimate of drug-likeness (QED) is 0.840. The summed E-state index contributed by atoms with van der Waals surface area (Å²) in [6.45, 7) is 2.08. The lowest BCUT2D eigenvalue weighted by Crippen LogP contribution is -2.61. The van der Waals surface area contributed by atoms with Crippen LogP contribution < -0.4 is 0 Å². The summed E-state index contributed by atoms with van der Waals surface area (Å²) in [6, 6.07) is 9.08. The Balaban J connectivity index is 1.87. The van der Waals surface area contributed by atoms with Crippen molar-refractivity contribution in [3.05, 3.63) is 35.9 Å². The highest BCUT2D eigenvalue weighted by Crippen LogP contribution is 2.50. The summed E-state index contributed by atoms with van der Waals surface area (Å²) in [5.74, 6) is -1.96. The van der Waals surface area contributed by atoms with Gasteiger partial charge in [-0.1, -0.05) is 31.5 Å². The Kier molecular flexibility index (Phi) is 4.63. The minimum Gasteiger partial charge on any atom is -0.481 e. The maximum absolute atomic E-state index is 12.4. The molecule has 2 fully saturated rings. The Morgan fingerprint density at radius 2 is 2.04 bits per heavy atom. The summed E-state index contributed by atoms with van der Waals surface area (Å²) in [5.41, 5.74) is 0.0722. The van der Waals surface area contributed by atoms with Crippen LogP contribution in [0.15, 0.2) is 30.3 Å². The molecule has 2 aliphatic heterocycles. The summed E-state index contributed by atoms with van der Waals surface area (Å²) >= 11 is 0. The van der Waals surface area contributed by atoms with Crippen molar-refractivity contribution in [2.75, 3.05) is 7.05 Å². The number of esters is 1. The highest BCUT2D eigenvalue weighted by atomic mass is 16.5. The first-order valence-corrected chi connectivity index (χ1v) is 8.71. The van der Waals surface area contributed by atoms with Gasteiger partial charge in [0.15, 0.2) is 0 Å². The number of hydrogen-bond donors (Lipinski definition) is 1. The molecule has 130 valence electrons. The Labute approximate surface area is 142 Å². The molecule has 0 spiro atoms. The number of nitrogens with zero attached hydrogens (tertiary/aromatic N) is 1. The first-order chi connectivity index (χ1) is 11.5. The second-order valence-electron chi connectivity index (χ2n) is 7.02.